The molecule has 0 aliphatic carbocycles. The lowest BCUT2D eigenvalue weighted by Gasteiger charge is -2.40. The minimum atomic E-state index is -0.198. The molecule has 2 fully saturated rings. The number of likely N-dealkylation sites (N-methyl/N-ethyl adjacent to an activating group) is 1. The van der Waals surface area contributed by atoms with Gasteiger partial charge in [0.2, 0.25) is 0 Å². The molecule has 2 saturated heterocycles. The fraction of sp³-hybridized carbons (Fsp3) is 0.520. The van der Waals surface area contributed by atoms with Crippen LogP contribution in [0.15, 0.2) is 54.9 Å². The number of carbonyl (C=O) groups is 1. The van der Waals surface area contributed by atoms with Crippen LogP contribution in [-0.4, -0.2) is 59.6 Å². The van der Waals surface area contributed by atoms with Gasteiger partial charge >= 0.3 is 0 Å². The molecule has 1 aromatic heterocycles. The van der Waals surface area contributed by atoms with Crippen molar-refractivity contribution in [2.24, 2.45) is 5.92 Å². The van der Waals surface area contributed by atoms with Crippen molar-refractivity contribution < 1.29 is 9.53 Å². The van der Waals surface area contributed by atoms with Crippen LogP contribution in [0.2, 0.25) is 0 Å². The van der Waals surface area contributed by atoms with Crippen molar-refractivity contribution in [3.63, 3.8) is 0 Å². The molecule has 30 heavy (non-hydrogen) atoms. The zero-order valence-electron chi connectivity index (χ0n) is 18.0. The van der Waals surface area contributed by atoms with Gasteiger partial charge in [0.05, 0.1) is 0 Å². The zero-order chi connectivity index (χ0) is 20.8. The van der Waals surface area contributed by atoms with Gasteiger partial charge in [-0.2, -0.15) is 0 Å². The number of ether oxygens (including phenoxy) is 1. The van der Waals surface area contributed by atoms with Gasteiger partial charge in [0.15, 0.2) is 0 Å². The lowest BCUT2D eigenvalue weighted by molar-refractivity contribution is -0.142. The van der Waals surface area contributed by atoms with E-state index in [0.29, 0.717) is 12.0 Å². The standard InChI is InChI=1S/C25H33N3O2/c1-27(19-21-9-13-26-14-10-21)23(18-20-6-3-2-4-7-20)22-11-15-28(16-12-22)25(29)24-8-5-17-30-24/h2-4,6-7,9-10,13-14,22-24H,5,8,11-12,15-19H2,1H3. The summed E-state index contributed by atoms with van der Waals surface area (Å²) in [7, 11) is 2.23. The quantitative estimate of drug-likeness (QED) is 0.704. The highest BCUT2D eigenvalue weighted by Crippen LogP contribution is 2.28. The maximum absolute atomic E-state index is 12.7. The van der Waals surface area contributed by atoms with Crippen molar-refractivity contribution >= 4 is 5.91 Å². The van der Waals surface area contributed by atoms with Crippen LogP contribution in [0.3, 0.4) is 0 Å². The summed E-state index contributed by atoms with van der Waals surface area (Å²) in [6.45, 7) is 3.33. The van der Waals surface area contributed by atoms with Crippen molar-refractivity contribution in [3.8, 4) is 0 Å². The number of amides is 1. The van der Waals surface area contributed by atoms with Crippen molar-refractivity contribution in [1.29, 1.82) is 0 Å². The molecule has 0 N–H and O–H groups in total. The van der Waals surface area contributed by atoms with Crippen molar-refractivity contribution in [2.75, 3.05) is 26.7 Å². The van der Waals surface area contributed by atoms with E-state index >= 15 is 0 Å². The van der Waals surface area contributed by atoms with Crippen LogP contribution in [0.1, 0.15) is 36.8 Å². The molecule has 0 radical (unpaired) electrons. The van der Waals surface area contributed by atoms with Crippen LogP contribution in [0.4, 0.5) is 0 Å². The minimum absolute atomic E-state index is 0.198. The number of rotatable bonds is 7. The summed E-state index contributed by atoms with van der Waals surface area (Å²) < 4.78 is 5.62. The fourth-order valence-corrected chi connectivity index (χ4v) is 4.91. The average Bonchev–Trinajstić information content (AvgIpc) is 3.33. The van der Waals surface area contributed by atoms with Crippen LogP contribution < -0.4 is 0 Å². The highest BCUT2D eigenvalue weighted by atomic mass is 16.5. The average molecular weight is 408 g/mol. The highest BCUT2D eigenvalue weighted by Gasteiger charge is 2.34. The van der Waals surface area contributed by atoms with Gasteiger partial charge in [-0.25, -0.2) is 0 Å². The molecule has 5 heteroatoms. The second-order valence-electron chi connectivity index (χ2n) is 8.69. The Balaban J connectivity index is 1.42. The monoisotopic (exact) mass is 407 g/mol. The number of aromatic nitrogens is 1. The molecule has 3 heterocycles. The third-order valence-electron chi connectivity index (χ3n) is 6.64. The number of likely N-dealkylation sites (tertiary alicyclic amines) is 1. The van der Waals surface area contributed by atoms with Crippen LogP contribution in [0.5, 0.6) is 0 Å². The first kappa shape index (κ1) is 21.0. The maximum Gasteiger partial charge on any atom is 0.251 e. The molecule has 2 aromatic rings. The Labute approximate surface area is 180 Å². The van der Waals surface area contributed by atoms with E-state index in [1.807, 2.05) is 17.3 Å². The predicted molar refractivity (Wildman–Crippen MR) is 118 cm³/mol. The van der Waals surface area contributed by atoms with Gasteiger partial charge in [-0.1, -0.05) is 30.3 Å². The summed E-state index contributed by atoms with van der Waals surface area (Å²) in [4.78, 5) is 21.4. The first-order chi connectivity index (χ1) is 14.7. The molecular weight excluding hydrogens is 374 g/mol. The summed E-state index contributed by atoms with van der Waals surface area (Å²) >= 11 is 0. The third kappa shape index (κ3) is 5.27. The number of piperidine rings is 1. The molecule has 160 valence electrons. The van der Waals surface area contributed by atoms with E-state index in [9.17, 15) is 4.79 Å². The number of carbonyl (C=O) groups excluding carboxylic acids is 1. The van der Waals surface area contributed by atoms with Crippen LogP contribution in [0, 0.1) is 5.92 Å². The molecule has 2 unspecified atom stereocenters. The van der Waals surface area contributed by atoms with Gasteiger partial charge in [-0.3, -0.25) is 14.7 Å². The summed E-state index contributed by atoms with van der Waals surface area (Å²) in [6, 6.07) is 15.4. The highest BCUT2D eigenvalue weighted by molar-refractivity contribution is 5.81. The lowest BCUT2D eigenvalue weighted by Crippen LogP contribution is -2.48. The maximum atomic E-state index is 12.7. The Bertz CT molecular complexity index is 785. The number of nitrogens with zero attached hydrogens (tertiary/aromatic N) is 3. The van der Waals surface area contributed by atoms with E-state index in [4.69, 9.17) is 4.74 Å². The number of hydrogen-bond acceptors (Lipinski definition) is 4. The molecule has 1 amide bonds. The fourth-order valence-electron chi connectivity index (χ4n) is 4.91. The first-order valence-electron chi connectivity index (χ1n) is 11.2. The molecule has 1 aromatic carbocycles. The van der Waals surface area contributed by atoms with Gasteiger partial charge in [-0.05, 0) is 68.3 Å². The van der Waals surface area contributed by atoms with Gasteiger partial charge in [-0.15, -0.1) is 0 Å². The van der Waals surface area contributed by atoms with E-state index in [0.717, 1.165) is 58.3 Å². The Hall–Kier alpha value is -2.24. The summed E-state index contributed by atoms with van der Waals surface area (Å²) in [5, 5.41) is 0. The second kappa shape index (κ2) is 10.2. The summed E-state index contributed by atoms with van der Waals surface area (Å²) in [6.07, 6.45) is 8.56. The smallest absolute Gasteiger partial charge is 0.251 e. The Morgan fingerprint density at radius 2 is 1.83 bits per heavy atom. The molecule has 4 rings (SSSR count). The molecule has 2 aliphatic rings. The van der Waals surface area contributed by atoms with E-state index in [1.165, 1.54) is 11.1 Å². The second-order valence-corrected chi connectivity index (χ2v) is 8.69. The van der Waals surface area contributed by atoms with Gasteiger partial charge < -0.3 is 9.64 Å². The topological polar surface area (TPSA) is 45.7 Å². The van der Waals surface area contributed by atoms with Crippen LogP contribution >= 0.6 is 0 Å². The normalized spacial score (nSPS) is 21.1. The van der Waals surface area contributed by atoms with Crippen LogP contribution in [0.25, 0.3) is 0 Å². The molecule has 5 nitrogen and oxygen atoms in total. The number of hydrogen-bond donors (Lipinski definition) is 0. The molecule has 0 spiro atoms. The van der Waals surface area contributed by atoms with E-state index in [-0.39, 0.29) is 12.0 Å². The third-order valence-corrected chi connectivity index (χ3v) is 6.64. The van der Waals surface area contributed by atoms with Gasteiger partial charge in [0, 0.05) is 44.7 Å². The van der Waals surface area contributed by atoms with E-state index in [2.05, 4.69) is 59.4 Å². The van der Waals surface area contributed by atoms with Gasteiger partial charge in [0.25, 0.3) is 5.91 Å². The Morgan fingerprint density at radius 1 is 1.10 bits per heavy atom. The van der Waals surface area contributed by atoms with Crippen LogP contribution in [-0.2, 0) is 22.5 Å². The number of pyridine rings is 1. The molecule has 0 saturated carbocycles. The molecule has 0 bridgehead atoms. The van der Waals surface area contributed by atoms with Crippen molar-refractivity contribution in [3.05, 3.63) is 66.0 Å². The SMILES string of the molecule is CN(Cc1ccncc1)C(Cc1ccccc1)C1CCN(C(=O)C2CCCO2)CC1. The van der Waals surface area contributed by atoms with Crippen molar-refractivity contribution in [1.82, 2.24) is 14.8 Å². The van der Waals surface area contributed by atoms with Gasteiger partial charge in [0.1, 0.15) is 6.10 Å². The Kier molecular flexibility index (Phi) is 7.13. The molecule has 2 atom stereocenters. The predicted octanol–water partition coefficient (Wildman–Crippen LogP) is 3.54. The van der Waals surface area contributed by atoms with Crippen molar-refractivity contribution in [2.45, 2.75) is 50.8 Å². The Morgan fingerprint density at radius 3 is 2.50 bits per heavy atom. The molecule has 2 aliphatic heterocycles. The molecular formula is C25H33N3O2. The largest absolute Gasteiger partial charge is 0.368 e. The first-order valence-corrected chi connectivity index (χ1v) is 11.2. The minimum Gasteiger partial charge on any atom is -0.368 e. The van der Waals surface area contributed by atoms with E-state index < -0.39 is 0 Å². The lowest BCUT2D eigenvalue weighted by atomic mass is 9.84. The summed E-state index contributed by atoms with van der Waals surface area (Å²) in [5.74, 6) is 0.779. The zero-order valence-corrected chi connectivity index (χ0v) is 18.0. The summed E-state index contributed by atoms with van der Waals surface area (Å²) in [5.41, 5.74) is 2.67. The van der Waals surface area contributed by atoms with E-state index in [1.54, 1.807) is 0 Å². The number of benzene rings is 1.